The molecule has 0 saturated heterocycles. The molecule has 0 spiro atoms. The molecule has 74 valence electrons. The second-order valence-electron chi connectivity index (χ2n) is 3.26. The van der Waals surface area contributed by atoms with E-state index in [1.54, 1.807) is 0 Å². The third kappa shape index (κ3) is 7.19. The van der Waals surface area contributed by atoms with Gasteiger partial charge in [0, 0.05) is 0 Å². The first-order valence-electron chi connectivity index (χ1n) is 4.24. The van der Waals surface area contributed by atoms with Gasteiger partial charge in [-0.15, -0.1) is 0 Å². The number of hydrogen-bond acceptors (Lipinski definition) is 3. The fourth-order valence-electron chi connectivity index (χ4n) is 0.524. The van der Waals surface area contributed by atoms with Gasteiger partial charge in [0.25, 0.3) is 0 Å². The lowest BCUT2D eigenvalue weighted by Gasteiger charge is -2.23. The fourth-order valence-corrected chi connectivity index (χ4v) is 3.23. The lowest BCUT2D eigenvalue weighted by molar-refractivity contribution is 0.220. The lowest BCUT2D eigenvalue weighted by atomic mass is 10.9. The van der Waals surface area contributed by atoms with E-state index in [-0.39, 0.29) is 0 Å². The van der Waals surface area contributed by atoms with Crippen LogP contribution < -0.4 is 0 Å². The zero-order chi connectivity index (χ0) is 9.61. The van der Waals surface area contributed by atoms with Crippen molar-refractivity contribution < 1.29 is 13.3 Å². The summed E-state index contributed by atoms with van der Waals surface area (Å²) >= 11 is 0. The Labute approximate surface area is 77.5 Å². The molecule has 0 N–H and O–H groups in total. The average Bonchev–Trinajstić information content (AvgIpc) is 1.84. The minimum atomic E-state index is -1.52. The van der Waals surface area contributed by atoms with Crippen molar-refractivity contribution >= 4 is 16.9 Å². The van der Waals surface area contributed by atoms with Crippen molar-refractivity contribution in [1.29, 1.82) is 0 Å². The Morgan fingerprint density at radius 1 is 1.00 bits per heavy atom. The Kier molecular flexibility index (Phi) is 6.32. The monoisotopic (exact) mass is 210 g/mol. The molecule has 0 aromatic carbocycles. The van der Waals surface area contributed by atoms with Gasteiger partial charge in [-0.2, -0.15) is 0 Å². The smallest absolute Gasteiger partial charge is 0.321 e. The van der Waals surface area contributed by atoms with Gasteiger partial charge in [0.1, 0.15) is 0 Å². The van der Waals surface area contributed by atoms with Crippen molar-refractivity contribution in [2.75, 3.05) is 13.2 Å². The van der Waals surface area contributed by atoms with Crippen LogP contribution in [0, 0.1) is 0 Å². The standard InChI is InChI=1S/C7H19O3PSi/c1-6-8-11(9-7-2)10-12(3,4)5/h6-7H2,1-5H3. The van der Waals surface area contributed by atoms with Gasteiger partial charge in [0.05, 0.1) is 13.2 Å². The largest absolute Gasteiger partial charge is 0.355 e. The Bertz CT molecular complexity index is 110. The summed E-state index contributed by atoms with van der Waals surface area (Å²) in [5.74, 6) is 0. The third-order valence-electron chi connectivity index (χ3n) is 0.817. The van der Waals surface area contributed by atoms with Crippen molar-refractivity contribution in [2.45, 2.75) is 33.5 Å². The molecule has 0 atom stereocenters. The van der Waals surface area contributed by atoms with E-state index in [9.17, 15) is 0 Å². The van der Waals surface area contributed by atoms with Gasteiger partial charge in [0.2, 0.25) is 0 Å². The maximum atomic E-state index is 5.68. The normalized spacial score (nSPS) is 12.5. The Morgan fingerprint density at radius 3 is 1.67 bits per heavy atom. The molecule has 3 nitrogen and oxygen atoms in total. The minimum Gasteiger partial charge on any atom is -0.355 e. The SMILES string of the molecule is CCOP(OCC)O[Si](C)(C)C. The van der Waals surface area contributed by atoms with Crippen LogP contribution in [-0.4, -0.2) is 21.5 Å². The molecule has 0 amide bonds. The molecule has 12 heavy (non-hydrogen) atoms. The molecule has 0 aromatic rings. The second kappa shape index (κ2) is 6.05. The summed E-state index contributed by atoms with van der Waals surface area (Å²) in [7, 11) is -2.60. The molecule has 0 aliphatic carbocycles. The molecule has 0 fully saturated rings. The highest BCUT2D eigenvalue weighted by Gasteiger charge is 2.22. The molecule has 0 aromatic heterocycles. The van der Waals surface area contributed by atoms with Crippen LogP contribution in [-0.2, 0) is 13.3 Å². The van der Waals surface area contributed by atoms with Crippen LogP contribution in [0.25, 0.3) is 0 Å². The first-order valence-corrected chi connectivity index (χ1v) is 8.75. The average molecular weight is 210 g/mol. The first kappa shape index (κ1) is 12.5. The summed E-state index contributed by atoms with van der Waals surface area (Å²) in [5, 5.41) is 0. The van der Waals surface area contributed by atoms with E-state index in [1.807, 2.05) is 13.8 Å². The predicted octanol–water partition coefficient (Wildman–Crippen LogP) is 3.14. The zero-order valence-corrected chi connectivity index (χ0v) is 10.5. The Morgan fingerprint density at radius 2 is 1.42 bits per heavy atom. The van der Waals surface area contributed by atoms with Crippen LogP contribution in [0.2, 0.25) is 19.6 Å². The number of hydrogen-bond donors (Lipinski definition) is 0. The highest BCUT2D eigenvalue weighted by atomic mass is 31.2. The summed E-state index contributed by atoms with van der Waals surface area (Å²) in [4.78, 5) is 0. The van der Waals surface area contributed by atoms with Crippen LogP contribution in [0.1, 0.15) is 13.8 Å². The third-order valence-corrected chi connectivity index (χ3v) is 4.54. The fraction of sp³-hybridized carbons (Fsp3) is 1.00. The minimum absolute atomic E-state index is 0.649. The maximum absolute atomic E-state index is 5.68. The van der Waals surface area contributed by atoms with Gasteiger partial charge >= 0.3 is 8.60 Å². The van der Waals surface area contributed by atoms with Crippen LogP contribution in [0.4, 0.5) is 0 Å². The van der Waals surface area contributed by atoms with E-state index in [0.29, 0.717) is 13.2 Å². The van der Waals surface area contributed by atoms with E-state index < -0.39 is 16.9 Å². The summed E-state index contributed by atoms with van der Waals surface area (Å²) in [6.45, 7) is 11.6. The van der Waals surface area contributed by atoms with Gasteiger partial charge in [-0.25, -0.2) is 0 Å². The van der Waals surface area contributed by atoms with Crippen LogP contribution in [0.5, 0.6) is 0 Å². The molecule has 0 aliphatic heterocycles. The van der Waals surface area contributed by atoms with Crippen LogP contribution in [0.15, 0.2) is 0 Å². The van der Waals surface area contributed by atoms with Gasteiger partial charge in [-0.1, -0.05) is 0 Å². The van der Waals surface area contributed by atoms with Crippen LogP contribution >= 0.6 is 8.60 Å². The second-order valence-corrected chi connectivity index (χ2v) is 9.18. The Hall–Kier alpha value is 0.527. The molecule has 0 unspecified atom stereocenters. The predicted molar refractivity (Wildman–Crippen MR) is 54.6 cm³/mol. The summed E-state index contributed by atoms with van der Waals surface area (Å²) in [5.41, 5.74) is 0. The van der Waals surface area contributed by atoms with E-state index in [4.69, 9.17) is 13.3 Å². The van der Waals surface area contributed by atoms with Crippen molar-refractivity contribution in [3.8, 4) is 0 Å². The van der Waals surface area contributed by atoms with Crippen molar-refractivity contribution in [1.82, 2.24) is 0 Å². The topological polar surface area (TPSA) is 27.7 Å². The molecule has 0 heterocycles. The summed E-state index contributed by atoms with van der Waals surface area (Å²) < 4.78 is 16.3. The number of rotatable bonds is 6. The first-order chi connectivity index (χ1) is 5.49. The zero-order valence-electron chi connectivity index (χ0n) is 8.59. The molecule has 0 radical (unpaired) electrons. The lowest BCUT2D eigenvalue weighted by Crippen LogP contribution is -2.23. The van der Waals surface area contributed by atoms with E-state index in [0.717, 1.165) is 0 Å². The highest BCUT2D eigenvalue weighted by molar-refractivity contribution is 7.43. The molecular formula is C7H19O3PSi. The summed E-state index contributed by atoms with van der Waals surface area (Å²) in [6.07, 6.45) is 0. The Balaban J connectivity index is 3.77. The van der Waals surface area contributed by atoms with Crippen molar-refractivity contribution in [3.63, 3.8) is 0 Å². The van der Waals surface area contributed by atoms with Gasteiger partial charge in [-0.05, 0) is 33.5 Å². The quantitative estimate of drug-likeness (QED) is 0.498. The van der Waals surface area contributed by atoms with Gasteiger partial charge in [-0.3, -0.25) is 0 Å². The summed E-state index contributed by atoms with van der Waals surface area (Å²) in [6, 6.07) is 0. The molecular weight excluding hydrogens is 191 g/mol. The van der Waals surface area contributed by atoms with E-state index in [2.05, 4.69) is 19.6 Å². The maximum Gasteiger partial charge on any atom is 0.321 e. The molecule has 0 aliphatic rings. The van der Waals surface area contributed by atoms with Crippen LogP contribution in [0.3, 0.4) is 0 Å². The molecule has 0 saturated carbocycles. The van der Waals surface area contributed by atoms with Crippen molar-refractivity contribution in [3.05, 3.63) is 0 Å². The molecule has 0 bridgehead atoms. The van der Waals surface area contributed by atoms with E-state index in [1.165, 1.54) is 0 Å². The molecule has 0 rings (SSSR count). The van der Waals surface area contributed by atoms with E-state index >= 15 is 0 Å². The van der Waals surface area contributed by atoms with Crippen molar-refractivity contribution in [2.24, 2.45) is 0 Å². The van der Waals surface area contributed by atoms with Gasteiger partial charge < -0.3 is 13.3 Å². The molecule has 5 heteroatoms. The highest BCUT2D eigenvalue weighted by Crippen LogP contribution is 2.42. The van der Waals surface area contributed by atoms with Gasteiger partial charge in [0.15, 0.2) is 8.32 Å².